The smallest absolute Gasteiger partial charge is 0.249 e. The molecule has 0 fully saturated rings. The highest BCUT2D eigenvalue weighted by Crippen LogP contribution is 2.22. The minimum absolute atomic E-state index is 0.105. The molecular formula is C15H17N5OS2. The van der Waals surface area contributed by atoms with Gasteiger partial charge in [0.15, 0.2) is 5.82 Å². The third-order valence-corrected chi connectivity index (χ3v) is 4.88. The van der Waals surface area contributed by atoms with Gasteiger partial charge >= 0.3 is 0 Å². The Labute approximate surface area is 142 Å². The summed E-state index contributed by atoms with van der Waals surface area (Å²) >= 11 is 3.29. The Hall–Kier alpha value is -2.06. The van der Waals surface area contributed by atoms with Crippen molar-refractivity contribution in [3.63, 3.8) is 0 Å². The first-order chi connectivity index (χ1) is 11.3. The van der Waals surface area contributed by atoms with Crippen molar-refractivity contribution in [1.82, 2.24) is 19.7 Å². The summed E-state index contributed by atoms with van der Waals surface area (Å²) in [5.41, 5.74) is 0. The number of amides is 1. The zero-order chi connectivity index (χ0) is 16.1. The Morgan fingerprint density at radius 2 is 2.26 bits per heavy atom. The van der Waals surface area contributed by atoms with E-state index in [0.717, 1.165) is 17.1 Å². The van der Waals surface area contributed by atoms with Gasteiger partial charge in [-0.25, -0.2) is 0 Å². The van der Waals surface area contributed by atoms with E-state index in [0.29, 0.717) is 11.8 Å². The molecule has 0 saturated heterocycles. The number of rotatable bonds is 7. The minimum atomic E-state index is -0.263. The molecule has 23 heavy (non-hydrogen) atoms. The highest BCUT2D eigenvalue weighted by Gasteiger charge is 2.21. The lowest BCUT2D eigenvalue weighted by molar-refractivity contribution is -0.119. The monoisotopic (exact) mass is 347 g/mol. The van der Waals surface area contributed by atoms with Crippen LogP contribution >= 0.6 is 23.1 Å². The number of thioether (sulfide) groups is 1. The third-order valence-electron chi connectivity index (χ3n) is 3.36. The lowest BCUT2D eigenvalue weighted by atomic mass is 10.2. The normalized spacial score (nSPS) is 12.2. The van der Waals surface area contributed by atoms with Gasteiger partial charge in [-0.3, -0.25) is 15.2 Å². The average molecular weight is 347 g/mol. The summed E-state index contributed by atoms with van der Waals surface area (Å²) in [5.74, 6) is 1.77. The van der Waals surface area contributed by atoms with Crippen LogP contribution in [0.25, 0.3) is 10.7 Å². The second kappa shape index (κ2) is 7.47. The number of H-pyrrole nitrogens is 1. The van der Waals surface area contributed by atoms with Crippen LogP contribution in [-0.4, -0.2) is 37.7 Å². The number of aromatic nitrogens is 4. The number of anilines is 1. The molecule has 8 heteroatoms. The second-order valence-electron chi connectivity index (χ2n) is 4.90. The molecule has 0 saturated carbocycles. The van der Waals surface area contributed by atoms with E-state index in [4.69, 9.17) is 0 Å². The van der Waals surface area contributed by atoms with Gasteiger partial charge in [0.2, 0.25) is 11.9 Å². The summed E-state index contributed by atoms with van der Waals surface area (Å²) in [6, 6.07) is 7.48. The van der Waals surface area contributed by atoms with Gasteiger partial charge in [0.25, 0.3) is 0 Å². The zero-order valence-electron chi connectivity index (χ0n) is 12.6. The van der Waals surface area contributed by atoms with Crippen LogP contribution in [0.2, 0.25) is 0 Å². The number of hydrogen-bond donors (Lipinski definition) is 2. The van der Waals surface area contributed by atoms with Crippen LogP contribution in [0.1, 0.15) is 12.5 Å². The maximum Gasteiger partial charge on any atom is 0.249 e. The maximum absolute atomic E-state index is 12.6. The van der Waals surface area contributed by atoms with Gasteiger partial charge in [-0.2, -0.15) is 16.7 Å². The summed E-state index contributed by atoms with van der Waals surface area (Å²) in [7, 11) is 0. The summed E-state index contributed by atoms with van der Waals surface area (Å²) in [5, 5.41) is 11.7. The average Bonchev–Trinajstić information content (AvgIpc) is 3.30. The van der Waals surface area contributed by atoms with E-state index in [1.165, 1.54) is 0 Å². The van der Waals surface area contributed by atoms with Crippen molar-refractivity contribution in [2.75, 3.05) is 17.3 Å². The first kappa shape index (κ1) is 15.8. The second-order valence-corrected chi connectivity index (χ2v) is 6.83. The van der Waals surface area contributed by atoms with E-state index in [2.05, 4.69) is 20.5 Å². The molecule has 3 rings (SSSR count). The molecule has 6 nitrogen and oxygen atoms in total. The maximum atomic E-state index is 12.6. The van der Waals surface area contributed by atoms with Crippen LogP contribution in [0.3, 0.4) is 0 Å². The van der Waals surface area contributed by atoms with Crippen LogP contribution in [0, 0.1) is 0 Å². The molecule has 0 aliphatic carbocycles. The molecule has 0 aliphatic rings. The standard InChI is InChI=1S/C15H17N5OS2/c1-22-10-6-11(20-7-2-3-8-20)14(21)17-15-16-13(18-19-15)12-5-4-9-23-12/h2-5,7-9,11H,6,10H2,1H3,(H2,16,17,18,19,21). The fraction of sp³-hybridized carbons (Fsp3) is 0.267. The summed E-state index contributed by atoms with van der Waals surface area (Å²) < 4.78 is 1.92. The van der Waals surface area contributed by atoms with Crippen LogP contribution in [0.4, 0.5) is 5.95 Å². The molecule has 3 aromatic rings. The Morgan fingerprint density at radius 1 is 1.43 bits per heavy atom. The van der Waals surface area contributed by atoms with Crippen LogP contribution in [0.5, 0.6) is 0 Å². The Kier molecular flexibility index (Phi) is 5.14. The van der Waals surface area contributed by atoms with Gasteiger partial charge in [-0.1, -0.05) is 6.07 Å². The lowest BCUT2D eigenvalue weighted by Gasteiger charge is -2.17. The minimum Gasteiger partial charge on any atom is -0.342 e. The van der Waals surface area contributed by atoms with E-state index in [-0.39, 0.29) is 11.9 Å². The summed E-state index contributed by atoms with van der Waals surface area (Å²) in [6.07, 6.45) is 6.59. The van der Waals surface area contributed by atoms with Crippen LogP contribution in [0.15, 0.2) is 42.0 Å². The first-order valence-corrected chi connectivity index (χ1v) is 9.44. The molecule has 1 unspecified atom stereocenters. The summed E-state index contributed by atoms with van der Waals surface area (Å²) in [4.78, 5) is 17.9. The third kappa shape index (κ3) is 3.83. The molecule has 0 spiro atoms. The molecule has 0 radical (unpaired) electrons. The highest BCUT2D eigenvalue weighted by molar-refractivity contribution is 7.98. The largest absolute Gasteiger partial charge is 0.342 e. The molecule has 0 aromatic carbocycles. The van der Waals surface area contributed by atoms with Gasteiger partial charge in [0.1, 0.15) is 6.04 Å². The predicted molar refractivity (Wildman–Crippen MR) is 94.8 cm³/mol. The van der Waals surface area contributed by atoms with E-state index in [1.807, 2.05) is 52.9 Å². The van der Waals surface area contributed by atoms with E-state index in [9.17, 15) is 4.79 Å². The van der Waals surface area contributed by atoms with Crippen molar-refractivity contribution in [3.05, 3.63) is 42.0 Å². The van der Waals surface area contributed by atoms with E-state index in [1.54, 1.807) is 23.1 Å². The van der Waals surface area contributed by atoms with Crippen molar-refractivity contribution >= 4 is 35.0 Å². The molecule has 0 aliphatic heterocycles. The van der Waals surface area contributed by atoms with E-state index < -0.39 is 0 Å². The van der Waals surface area contributed by atoms with Gasteiger partial charge in [-0.15, -0.1) is 16.4 Å². The molecule has 2 N–H and O–H groups in total. The number of carbonyl (C=O) groups excluding carboxylic acids is 1. The molecule has 0 bridgehead atoms. The van der Waals surface area contributed by atoms with Crippen LogP contribution in [-0.2, 0) is 4.79 Å². The zero-order valence-corrected chi connectivity index (χ0v) is 14.2. The van der Waals surface area contributed by atoms with Crippen LogP contribution < -0.4 is 5.32 Å². The molecule has 3 heterocycles. The van der Waals surface area contributed by atoms with Crippen molar-refractivity contribution in [2.24, 2.45) is 0 Å². The van der Waals surface area contributed by atoms with Crippen molar-refractivity contribution in [1.29, 1.82) is 0 Å². The number of nitrogens with one attached hydrogen (secondary N) is 2. The molecule has 3 aromatic heterocycles. The first-order valence-electron chi connectivity index (χ1n) is 7.16. The SMILES string of the molecule is CSCCC(C(=O)Nc1n[nH]c(-c2cccs2)n1)n1cccc1. The fourth-order valence-corrected chi connectivity index (χ4v) is 3.36. The topological polar surface area (TPSA) is 75.6 Å². The molecule has 120 valence electrons. The highest BCUT2D eigenvalue weighted by atomic mass is 32.2. The van der Waals surface area contributed by atoms with E-state index >= 15 is 0 Å². The predicted octanol–water partition coefficient (Wildman–Crippen LogP) is 3.27. The van der Waals surface area contributed by atoms with Crippen molar-refractivity contribution in [2.45, 2.75) is 12.5 Å². The molecular weight excluding hydrogens is 330 g/mol. The number of nitrogens with zero attached hydrogens (tertiary/aromatic N) is 3. The van der Waals surface area contributed by atoms with Gasteiger partial charge < -0.3 is 4.57 Å². The quantitative estimate of drug-likeness (QED) is 0.688. The number of aromatic amines is 1. The van der Waals surface area contributed by atoms with Crippen molar-refractivity contribution < 1.29 is 4.79 Å². The number of hydrogen-bond acceptors (Lipinski definition) is 5. The fourth-order valence-electron chi connectivity index (χ4n) is 2.24. The molecule has 1 atom stereocenters. The Morgan fingerprint density at radius 3 is 2.96 bits per heavy atom. The van der Waals surface area contributed by atoms with Crippen molar-refractivity contribution in [3.8, 4) is 10.7 Å². The number of thiophene rings is 1. The van der Waals surface area contributed by atoms with Gasteiger partial charge in [0, 0.05) is 12.4 Å². The lowest BCUT2D eigenvalue weighted by Crippen LogP contribution is -2.26. The summed E-state index contributed by atoms with van der Waals surface area (Å²) in [6.45, 7) is 0. The molecule has 1 amide bonds. The Bertz CT molecular complexity index is 736. The number of carbonyl (C=O) groups is 1. The van der Waals surface area contributed by atoms with Gasteiger partial charge in [0.05, 0.1) is 4.88 Å². The van der Waals surface area contributed by atoms with Gasteiger partial charge in [-0.05, 0) is 42.0 Å². The Balaban J connectivity index is 1.71.